The molecule has 2 heterocycles. The first-order valence-corrected chi connectivity index (χ1v) is 7.21. The van der Waals surface area contributed by atoms with Crippen molar-refractivity contribution < 1.29 is 14.3 Å². The summed E-state index contributed by atoms with van der Waals surface area (Å²) in [7, 11) is 0. The summed E-state index contributed by atoms with van der Waals surface area (Å²) >= 11 is 0. The summed E-state index contributed by atoms with van der Waals surface area (Å²) in [5.74, 6) is -0.0280. The van der Waals surface area contributed by atoms with E-state index >= 15 is 0 Å². The predicted octanol–water partition coefficient (Wildman–Crippen LogP) is 2.45. The van der Waals surface area contributed by atoms with Gasteiger partial charge in [-0.15, -0.1) is 0 Å². The van der Waals surface area contributed by atoms with Crippen LogP contribution in [0.5, 0.6) is 0 Å². The van der Waals surface area contributed by atoms with E-state index in [0.29, 0.717) is 18.7 Å². The third-order valence-corrected chi connectivity index (χ3v) is 5.69. The number of carbonyl (C=O) groups is 2. The molecule has 2 aliphatic rings. The van der Waals surface area contributed by atoms with E-state index in [-0.39, 0.29) is 11.9 Å². The minimum Gasteiger partial charge on any atom is -0.448 e. The van der Waals surface area contributed by atoms with Crippen LogP contribution in [0.1, 0.15) is 39.2 Å². The average Bonchev–Trinajstić information content (AvgIpc) is 2.72. The summed E-state index contributed by atoms with van der Waals surface area (Å²) in [5, 5.41) is 2.84. The molecular weight excluding hydrogens is 268 g/mol. The Bertz CT molecular complexity index is 640. The minimum absolute atomic E-state index is 0.272. The number of amides is 1. The van der Waals surface area contributed by atoms with Crippen LogP contribution in [-0.4, -0.2) is 22.5 Å². The molecule has 0 radical (unpaired) electrons. The number of anilines is 1. The number of esters is 1. The zero-order valence-corrected chi connectivity index (χ0v) is 12.8. The van der Waals surface area contributed by atoms with Crippen molar-refractivity contribution in [3.8, 4) is 0 Å². The van der Waals surface area contributed by atoms with Gasteiger partial charge in [-0.1, -0.05) is 19.9 Å². The van der Waals surface area contributed by atoms with Crippen molar-refractivity contribution in [1.82, 2.24) is 4.98 Å². The molecule has 1 aromatic rings. The average molecular weight is 288 g/mol. The predicted molar refractivity (Wildman–Crippen MR) is 77.5 cm³/mol. The number of hydrogen-bond donors (Lipinski definition) is 1. The van der Waals surface area contributed by atoms with Crippen LogP contribution in [-0.2, 0) is 14.3 Å². The number of rotatable bonds is 2. The van der Waals surface area contributed by atoms with Crippen molar-refractivity contribution in [3.05, 3.63) is 23.9 Å². The molecule has 0 aromatic carbocycles. The van der Waals surface area contributed by atoms with Gasteiger partial charge in [0.25, 0.3) is 5.91 Å². The highest BCUT2D eigenvalue weighted by Crippen LogP contribution is 2.65. The molecule has 1 saturated heterocycles. The SMILES string of the molecule is Cc1cccnc1NC(=O)[C@@]12CC[C@](C)(C(=O)O1)C2(C)C. The fraction of sp³-hybridized carbons (Fsp3) is 0.562. The van der Waals surface area contributed by atoms with Gasteiger partial charge < -0.3 is 10.1 Å². The van der Waals surface area contributed by atoms with Gasteiger partial charge in [-0.25, -0.2) is 4.98 Å². The molecular formula is C16H20N2O3. The Labute approximate surface area is 124 Å². The summed E-state index contributed by atoms with van der Waals surface area (Å²) in [6.07, 6.45) is 2.86. The maximum absolute atomic E-state index is 12.8. The van der Waals surface area contributed by atoms with E-state index < -0.39 is 16.4 Å². The highest BCUT2D eigenvalue weighted by molar-refractivity contribution is 6.03. The van der Waals surface area contributed by atoms with Crippen molar-refractivity contribution in [3.63, 3.8) is 0 Å². The quantitative estimate of drug-likeness (QED) is 0.849. The Morgan fingerprint density at radius 2 is 2.05 bits per heavy atom. The lowest BCUT2D eigenvalue weighted by Crippen LogP contribution is -2.50. The van der Waals surface area contributed by atoms with Crippen LogP contribution in [0.2, 0.25) is 0 Å². The third-order valence-electron chi connectivity index (χ3n) is 5.69. The fourth-order valence-corrected chi connectivity index (χ4v) is 3.57. The maximum atomic E-state index is 12.8. The van der Waals surface area contributed by atoms with Crippen molar-refractivity contribution in [2.45, 2.75) is 46.1 Å². The smallest absolute Gasteiger partial charge is 0.313 e. The Morgan fingerprint density at radius 1 is 1.33 bits per heavy atom. The molecule has 0 unspecified atom stereocenters. The van der Waals surface area contributed by atoms with E-state index in [0.717, 1.165) is 5.56 Å². The second-order valence-corrected chi connectivity index (χ2v) is 6.80. The van der Waals surface area contributed by atoms with Crippen LogP contribution in [0.3, 0.4) is 0 Å². The number of pyridine rings is 1. The molecule has 2 fully saturated rings. The fourth-order valence-electron chi connectivity index (χ4n) is 3.57. The van der Waals surface area contributed by atoms with Gasteiger partial charge in [0.1, 0.15) is 5.82 Å². The normalized spacial score (nSPS) is 32.9. The number of ether oxygens (including phenoxy) is 1. The monoisotopic (exact) mass is 288 g/mol. The molecule has 3 rings (SSSR count). The molecule has 1 amide bonds. The van der Waals surface area contributed by atoms with Crippen molar-refractivity contribution in [1.29, 1.82) is 0 Å². The molecule has 2 bridgehead atoms. The van der Waals surface area contributed by atoms with E-state index in [1.165, 1.54) is 0 Å². The molecule has 112 valence electrons. The van der Waals surface area contributed by atoms with Gasteiger partial charge in [0.05, 0.1) is 5.41 Å². The van der Waals surface area contributed by atoms with Gasteiger partial charge in [-0.05, 0) is 38.3 Å². The molecule has 1 aromatic heterocycles. The number of nitrogens with zero attached hydrogens (tertiary/aromatic N) is 1. The van der Waals surface area contributed by atoms with Crippen molar-refractivity contribution in [2.24, 2.45) is 10.8 Å². The first kappa shape index (κ1) is 14.0. The second-order valence-electron chi connectivity index (χ2n) is 6.80. The highest BCUT2D eigenvalue weighted by Gasteiger charge is 2.75. The maximum Gasteiger partial charge on any atom is 0.313 e. The number of nitrogens with one attached hydrogen (secondary N) is 1. The van der Waals surface area contributed by atoms with Gasteiger partial charge in [-0.2, -0.15) is 0 Å². The molecule has 5 heteroatoms. The van der Waals surface area contributed by atoms with Crippen LogP contribution < -0.4 is 5.32 Å². The van der Waals surface area contributed by atoms with Gasteiger partial charge in [0.2, 0.25) is 0 Å². The van der Waals surface area contributed by atoms with Crippen molar-refractivity contribution >= 4 is 17.7 Å². The van der Waals surface area contributed by atoms with E-state index in [9.17, 15) is 9.59 Å². The minimum atomic E-state index is -1.09. The number of hydrogen-bond acceptors (Lipinski definition) is 4. The lowest BCUT2D eigenvalue weighted by atomic mass is 9.66. The molecule has 1 N–H and O–H groups in total. The molecule has 0 spiro atoms. The third kappa shape index (κ3) is 1.54. The van der Waals surface area contributed by atoms with Gasteiger partial charge >= 0.3 is 5.97 Å². The standard InChI is InChI=1S/C16H20N2O3/c1-10-6-5-9-17-11(10)18-12(19)16-8-7-15(4,13(20)21-16)14(16,2)3/h5-6,9H,7-8H2,1-4H3,(H,17,18,19)/t15-,16-/m1/s1. The van der Waals surface area contributed by atoms with E-state index in [2.05, 4.69) is 10.3 Å². The summed E-state index contributed by atoms with van der Waals surface area (Å²) in [6.45, 7) is 7.65. The molecule has 2 atom stereocenters. The topological polar surface area (TPSA) is 68.3 Å². The summed E-state index contributed by atoms with van der Waals surface area (Å²) in [5.41, 5.74) is -1.35. The summed E-state index contributed by atoms with van der Waals surface area (Å²) in [6, 6.07) is 3.69. The van der Waals surface area contributed by atoms with Crippen LogP contribution in [0, 0.1) is 17.8 Å². The van der Waals surface area contributed by atoms with Crippen LogP contribution in [0.25, 0.3) is 0 Å². The number of aryl methyl sites for hydroxylation is 1. The Morgan fingerprint density at radius 3 is 2.57 bits per heavy atom. The summed E-state index contributed by atoms with van der Waals surface area (Å²) < 4.78 is 5.56. The van der Waals surface area contributed by atoms with Crippen molar-refractivity contribution in [2.75, 3.05) is 5.32 Å². The molecule has 1 saturated carbocycles. The van der Waals surface area contributed by atoms with Gasteiger partial charge in [-0.3, -0.25) is 9.59 Å². The molecule has 1 aliphatic carbocycles. The Kier molecular flexibility index (Phi) is 2.71. The lowest BCUT2D eigenvalue weighted by Gasteiger charge is -2.35. The first-order valence-electron chi connectivity index (χ1n) is 7.21. The number of carbonyl (C=O) groups excluding carboxylic acids is 2. The molecule has 21 heavy (non-hydrogen) atoms. The number of fused-ring (bicyclic) bond motifs is 2. The van der Waals surface area contributed by atoms with E-state index in [1.54, 1.807) is 6.20 Å². The van der Waals surface area contributed by atoms with E-state index in [4.69, 9.17) is 4.74 Å². The van der Waals surface area contributed by atoms with Crippen LogP contribution in [0.4, 0.5) is 5.82 Å². The zero-order valence-electron chi connectivity index (χ0n) is 12.8. The molecule has 1 aliphatic heterocycles. The van der Waals surface area contributed by atoms with Gasteiger partial charge in [0.15, 0.2) is 5.60 Å². The molecule has 5 nitrogen and oxygen atoms in total. The highest BCUT2D eigenvalue weighted by atomic mass is 16.6. The largest absolute Gasteiger partial charge is 0.448 e. The lowest BCUT2D eigenvalue weighted by molar-refractivity contribution is -0.165. The first-order chi connectivity index (χ1) is 9.74. The Balaban J connectivity index is 1.96. The second kappa shape index (κ2) is 4.06. The van der Waals surface area contributed by atoms with Gasteiger partial charge in [0, 0.05) is 11.6 Å². The van der Waals surface area contributed by atoms with Crippen LogP contribution in [0.15, 0.2) is 18.3 Å². The zero-order chi connectivity index (χ0) is 15.5. The van der Waals surface area contributed by atoms with Crippen LogP contribution >= 0.6 is 0 Å². The summed E-state index contributed by atoms with van der Waals surface area (Å²) in [4.78, 5) is 29.2. The number of aromatic nitrogens is 1. The van der Waals surface area contributed by atoms with E-state index in [1.807, 2.05) is 39.8 Å². The Hall–Kier alpha value is -1.91.